The standard InChI is InChI=1S/C23H30N4O4/c1-17(26(2)16-22(28)24-19-5-4-6-21(15-19)30-3)23(29)25-18-7-9-20(10-8-18)27-11-13-31-14-12-27/h4-10,15,17H,11-14,16H2,1-3H3,(H,24,28)(H,25,29)/p+1/t17-/m1/s1. The molecule has 1 heterocycles. The minimum Gasteiger partial charge on any atom is -0.497 e. The van der Waals surface area contributed by atoms with E-state index in [1.807, 2.05) is 50.4 Å². The van der Waals surface area contributed by atoms with Gasteiger partial charge < -0.3 is 29.9 Å². The number of nitrogens with one attached hydrogen (secondary N) is 3. The number of quaternary nitrogens is 1. The van der Waals surface area contributed by atoms with Crippen LogP contribution >= 0.6 is 0 Å². The monoisotopic (exact) mass is 427 g/mol. The number of anilines is 3. The summed E-state index contributed by atoms with van der Waals surface area (Å²) in [6.07, 6.45) is 0. The van der Waals surface area contributed by atoms with Crippen LogP contribution in [-0.2, 0) is 14.3 Å². The Morgan fingerprint density at radius 1 is 1.10 bits per heavy atom. The molecule has 1 saturated heterocycles. The maximum atomic E-state index is 12.7. The zero-order valence-corrected chi connectivity index (χ0v) is 18.3. The molecular weight excluding hydrogens is 396 g/mol. The molecule has 31 heavy (non-hydrogen) atoms. The van der Waals surface area contributed by atoms with Crippen molar-refractivity contribution in [3.05, 3.63) is 48.5 Å². The van der Waals surface area contributed by atoms with Crippen LogP contribution in [-0.4, -0.2) is 64.9 Å². The van der Waals surface area contributed by atoms with Gasteiger partial charge in [0.25, 0.3) is 11.8 Å². The normalized spacial score (nSPS) is 15.6. The van der Waals surface area contributed by atoms with E-state index in [2.05, 4.69) is 15.5 Å². The van der Waals surface area contributed by atoms with Gasteiger partial charge in [0, 0.05) is 36.2 Å². The number of methoxy groups -OCH3 is 1. The third-order valence-electron chi connectivity index (χ3n) is 5.44. The van der Waals surface area contributed by atoms with Crippen molar-refractivity contribution < 1.29 is 24.0 Å². The average molecular weight is 428 g/mol. The second kappa shape index (κ2) is 10.8. The van der Waals surface area contributed by atoms with E-state index in [0.29, 0.717) is 11.4 Å². The second-order valence-electron chi connectivity index (χ2n) is 7.66. The molecule has 0 saturated carbocycles. The molecule has 0 radical (unpaired) electrons. The van der Waals surface area contributed by atoms with Crippen molar-refractivity contribution >= 4 is 28.9 Å². The summed E-state index contributed by atoms with van der Waals surface area (Å²) in [5.41, 5.74) is 2.52. The van der Waals surface area contributed by atoms with Crippen LogP contribution in [0.15, 0.2) is 48.5 Å². The smallest absolute Gasteiger partial charge is 0.282 e. The van der Waals surface area contributed by atoms with Crippen molar-refractivity contribution in [2.75, 3.05) is 62.5 Å². The van der Waals surface area contributed by atoms with E-state index in [0.717, 1.165) is 42.6 Å². The average Bonchev–Trinajstić information content (AvgIpc) is 2.79. The van der Waals surface area contributed by atoms with Crippen molar-refractivity contribution in [3.8, 4) is 5.75 Å². The van der Waals surface area contributed by atoms with Gasteiger partial charge in [-0.15, -0.1) is 0 Å². The number of ether oxygens (including phenoxy) is 2. The molecule has 2 aromatic carbocycles. The largest absolute Gasteiger partial charge is 0.497 e. The molecule has 0 aliphatic carbocycles. The van der Waals surface area contributed by atoms with E-state index >= 15 is 0 Å². The number of hydrogen-bond acceptors (Lipinski definition) is 5. The number of carbonyl (C=O) groups excluding carboxylic acids is 2. The fourth-order valence-electron chi connectivity index (χ4n) is 3.36. The Morgan fingerprint density at radius 2 is 1.81 bits per heavy atom. The number of amides is 2. The van der Waals surface area contributed by atoms with Crippen LogP contribution in [0.5, 0.6) is 5.75 Å². The molecule has 1 aliphatic rings. The lowest BCUT2D eigenvalue weighted by atomic mass is 10.2. The zero-order chi connectivity index (χ0) is 22.2. The molecule has 3 rings (SSSR count). The Kier molecular flexibility index (Phi) is 7.86. The molecule has 8 heteroatoms. The van der Waals surface area contributed by atoms with Gasteiger partial charge in [0.15, 0.2) is 12.6 Å². The van der Waals surface area contributed by atoms with E-state index in [1.54, 1.807) is 19.2 Å². The zero-order valence-electron chi connectivity index (χ0n) is 18.3. The Labute approximate surface area is 183 Å². The van der Waals surface area contributed by atoms with Crippen molar-refractivity contribution in [2.24, 2.45) is 0 Å². The molecular formula is C23H31N4O4+. The Balaban J connectivity index is 1.49. The van der Waals surface area contributed by atoms with E-state index in [-0.39, 0.29) is 18.4 Å². The fraction of sp³-hybridized carbons (Fsp3) is 0.391. The van der Waals surface area contributed by atoms with Crippen LogP contribution in [0.25, 0.3) is 0 Å². The number of hydrogen-bond donors (Lipinski definition) is 3. The van der Waals surface area contributed by atoms with Crippen LogP contribution in [0.4, 0.5) is 17.1 Å². The van der Waals surface area contributed by atoms with Gasteiger partial charge in [-0.2, -0.15) is 0 Å². The highest BCUT2D eigenvalue weighted by Gasteiger charge is 2.24. The molecule has 1 fully saturated rings. The van der Waals surface area contributed by atoms with Crippen molar-refractivity contribution in [3.63, 3.8) is 0 Å². The van der Waals surface area contributed by atoms with Gasteiger partial charge in [0.05, 0.1) is 27.4 Å². The number of carbonyl (C=O) groups is 2. The first-order valence-corrected chi connectivity index (χ1v) is 10.5. The summed E-state index contributed by atoms with van der Waals surface area (Å²) in [5.74, 6) is 0.372. The van der Waals surface area contributed by atoms with E-state index in [9.17, 15) is 9.59 Å². The van der Waals surface area contributed by atoms with Crippen LogP contribution in [0.2, 0.25) is 0 Å². The molecule has 2 amide bonds. The quantitative estimate of drug-likeness (QED) is 0.586. The molecule has 2 atom stereocenters. The molecule has 2 aromatic rings. The van der Waals surface area contributed by atoms with E-state index < -0.39 is 6.04 Å². The minimum absolute atomic E-state index is 0.134. The first kappa shape index (κ1) is 22.6. The number of nitrogens with zero attached hydrogens (tertiary/aromatic N) is 1. The van der Waals surface area contributed by atoms with Crippen LogP contribution in [0.3, 0.4) is 0 Å². The predicted molar refractivity (Wildman–Crippen MR) is 121 cm³/mol. The van der Waals surface area contributed by atoms with Crippen LogP contribution in [0, 0.1) is 0 Å². The van der Waals surface area contributed by atoms with Crippen molar-refractivity contribution in [1.82, 2.24) is 0 Å². The van der Waals surface area contributed by atoms with Crippen LogP contribution < -0.4 is 25.2 Å². The van der Waals surface area contributed by atoms with Gasteiger partial charge in [-0.05, 0) is 43.3 Å². The lowest BCUT2D eigenvalue weighted by Gasteiger charge is -2.29. The van der Waals surface area contributed by atoms with Gasteiger partial charge in [-0.25, -0.2) is 0 Å². The third kappa shape index (κ3) is 6.44. The Bertz CT molecular complexity index is 881. The van der Waals surface area contributed by atoms with Gasteiger partial charge in [0.1, 0.15) is 5.75 Å². The lowest BCUT2D eigenvalue weighted by Crippen LogP contribution is -3.14. The number of rotatable bonds is 8. The van der Waals surface area contributed by atoms with Crippen molar-refractivity contribution in [2.45, 2.75) is 13.0 Å². The number of likely N-dealkylation sites (N-methyl/N-ethyl adjacent to an activating group) is 1. The summed E-state index contributed by atoms with van der Waals surface area (Å²) in [4.78, 5) is 28.1. The maximum absolute atomic E-state index is 12.7. The van der Waals surface area contributed by atoms with Gasteiger partial charge in [-0.3, -0.25) is 9.59 Å². The van der Waals surface area contributed by atoms with Gasteiger partial charge in [-0.1, -0.05) is 6.07 Å². The highest BCUT2D eigenvalue weighted by Crippen LogP contribution is 2.19. The molecule has 1 unspecified atom stereocenters. The van der Waals surface area contributed by atoms with Crippen LogP contribution in [0.1, 0.15) is 6.92 Å². The number of benzene rings is 2. The maximum Gasteiger partial charge on any atom is 0.282 e. The summed E-state index contributed by atoms with van der Waals surface area (Å²) < 4.78 is 10.6. The third-order valence-corrected chi connectivity index (χ3v) is 5.44. The fourth-order valence-corrected chi connectivity index (χ4v) is 3.36. The minimum atomic E-state index is -0.394. The first-order valence-electron chi connectivity index (χ1n) is 10.5. The highest BCUT2D eigenvalue weighted by molar-refractivity contribution is 5.94. The lowest BCUT2D eigenvalue weighted by molar-refractivity contribution is -0.885. The van der Waals surface area contributed by atoms with Crippen molar-refractivity contribution in [1.29, 1.82) is 0 Å². The summed E-state index contributed by atoms with van der Waals surface area (Å²) in [7, 11) is 3.41. The van der Waals surface area contributed by atoms with E-state index in [4.69, 9.17) is 9.47 Å². The van der Waals surface area contributed by atoms with E-state index in [1.165, 1.54) is 0 Å². The summed E-state index contributed by atoms with van der Waals surface area (Å²) in [6, 6.07) is 14.6. The topological polar surface area (TPSA) is 84.3 Å². The molecule has 1 aliphatic heterocycles. The summed E-state index contributed by atoms with van der Waals surface area (Å²) in [6.45, 7) is 5.18. The predicted octanol–water partition coefficient (Wildman–Crippen LogP) is 1.01. The van der Waals surface area contributed by atoms with Gasteiger partial charge in [0.2, 0.25) is 0 Å². The first-order chi connectivity index (χ1) is 15.0. The number of morpholine rings is 1. The SMILES string of the molecule is COc1cccc(NC(=O)C[NH+](C)[C@H](C)C(=O)Nc2ccc(N3CCOCC3)cc2)c1. The Hall–Kier alpha value is -3.10. The molecule has 0 spiro atoms. The summed E-state index contributed by atoms with van der Waals surface area (Å²) in [5, 5.41) is 5.78. The van der Waals surface area contributed by atoms with Gasteiger partial charge >= 0.3 is 0 Å². The molecule has 3 N–H and O–H groups in total. The molecule has 8 nitrogen and oxygen atoms in total. The summed E-state index contributed by atoms with van der Waals surface area (Å²) >= 11 is 0. The molecule has 0 bridgehead atoms. The molecule has 0 aromatic heterocycles. The second-order valence-corrected chi connectivity index (χ2v) is 7.66. The molecule has 166 valence electrons. The highest BCUT2D eigenvalue weighted by atomic mass is 16.5. The Morgan fingerprint density at radius 3 is 2.48 bits per heavy atom.